The van der Waals surface area contributed by atoms with Gasteiger partial charge < -0.3 is 0 Å². The van der Waals surface area contributed by atoms with Crippen molar-refractivity contribution in [2.24, 2.45) is 0 Å². The average Bonchev–Trinajstić information content (AvgIpc) is 2.63. The van der Waals surface area contributed by atoms with Gasteiger partial charge in [-0.2, -0.15) is 0 Å². The largest absolute Gasteiger partial charge is 0.206 e. The molecule has 0 saturated heterocycles. The molecule has 0 nitrogen and oxygen atoms in total. The topological polar surface area (TPSA) is 0 Å². The number of hydrogen-bond donors (Lipinski definition) is 0. The highest BCUT2D eigenvalue weighted by Crippen LogP contribution is 2.30. The van der Waals surface area contributed by atoms with Gasteiger partial charge in [0.2, 0.25) is 0 Å². The van der Waals surface area contributed by atoms with E-state index in [2.05, 4.69) is 19.1 Å². The second-order valence-electron chi connectivity index (χ2n) is 6.31. The first kappa shape index (κ1) is 17.3. The lowest BCUT2D eigenvalue weighted by atomic mass is 9.97. The molecule has 0 saturated carbocycles. The number of rotatable bonds is 5. The van der Waals surface area contributed by atoms with Crippen molar-refractivity contribution in [1.82, 2.24) is 0 Å². The normalized spacial score (nSPS) is 10.9. The van der Waals surface area contributed by atoms with Crippen LogP contribution in [0.4, 0.5) is 8.78 Å². The van der Waals surface area contributed by atoms with Gasteiger partial charge >= 0.3 is 0 Å². The summed E-state index contributed by atoms with van der Waals surface area (Å²) in [7, 11) is 0. The fraction of sp³-hybridized carbons (Fsp3) is 0.217. The minimum atomic E-state index is -0.404. The molecule has 0 fully saturated rings. The molecule has 25 heavy (non-hydrogen) atoms. The van der Waals surface area contributed by atoms with E-state index in [1.165, 1.54) is 17.7 Å². The molecule has 0 spiro atoms. The number of aryl methyl sites for hydroxylation is 2. The van der Waals surface area contributed by atoms with Crippen molar-refractivity contribution in [2.75, 3.05) is 0 Å². The van der Waals surface area contributed by atoms with Gasteiger partial charge in [0.1, 0.15) is 11.6 Å². The maximum atomic E-state index is 14.6. The van der Waals surface area contributed by atoms with Gasteiger partial charge in [-0.15, -0.1) is 0 Å². The van der Waals surface area contributed by atoms with Crippen LogP contribution in [0, 0.1) is 11.6 Å². The maximum Gasteiger partial charge on any atom is 0.131 e. The van der Waals surface area contributed by atoms with E-state index in [9.17, 15) is 8.78 Å². The molecule has 0 aromatic heterocycles. The van der Waals surface area contributed by atoms with E-state index in [1.54, 1.807) is 12.1 Å². The van der Waals surface area contributed by atoms with E-state index in [0.29, 0.717) is 11.1 Å². The summed E-state index contributed by atoms with van der Waals surface area (Å²) < 4.78 is 28.9. The molecule has 2 heteroatoms. The predicted molar refractivity (Wildman–Crippen MR) is 101 cm³/mol. The Morgan fingerprint density at radius 3 is 1.76 bits per heavy atom. The zero-order valence-corrected chi connectivity index (χ0v) is 14.7. The first-order valence-corrected chi connectivity index (χ1v) is 8.80. The van der Waals surface area contributed by atoms with E-state index in [0.717, 1.165) is 36.0 Å². The summed E-state index contributed by atoms with van der Waals surface area (Å²) in [5, 5.41) is 0. The van der Waals surface area contributed by atoms with Crippen LogP contribution in [-0.4, -0.2) is 0 Å². The van der Waals surface area contributed by atoms with Gasteiger partial charge in [0.05, 0.1) is 0 Å². The molecule has 0 N–H and O–H groups in total. The zero-order chi connectivity index (χ0) is 17.8. The third-order valence-electron chi connectivity index (χ3n) is 4.53. The molecule has 0 bridgehead atoms. The molecule has 0 unspecified atom stereocenters. The van der Waals surface area contributed by atoms with Crippen molar-refractivity contribution in [3.05, 3.63) is 83.4 Å². The Bertz CT molecular complexity index is 864. The van der Waals surface area contributed by atoms with Crippen molar-refractivity contribution >= 4 is 0 Å². The molecular formula is C23H22F2. The van der Waals surface area contributed by atoms with Crippen LogP contribution in [0.2, 0.25) is 0 Å². The van der Waals surface area contributed by atoms with Crippen LogP contribution in [0.5, 0.6) is 0 Å². The summed E-state index contributed by atoms with van der Waals surface area (Å²) in [6.07, 6.45) is 2.90. The van der Waals surface area contributed by atoms with Crippen LogP contribution < -0.4 is 0 Å². The summed E-state index contributed by atoms with van der Waals surface area (Å²) in [6, 6.07) is 18.2. The van der Waals surface area contributed by atoms with Crippen LogP contribution in [0.1, 0.15) is 31.4 Å². The van der Waals surface area contributed by atoms with Gasteiger partial charge in [0.15, 0.2) is 0 Å². The fourth-order valence-corrected chi connectivity index (χ4v) is 3.06. The SMILES string of the molecule is CCCc1ccc(-c2ccc(-c3ccc(CC)cc3F)c(F)c2)cc1. The summed E-state index contributed by atoms with van der Waals surface area (Å²) in [6.45, 7) is 4.11. The van der Waals surface area contributed by atoms with Crippen LogP contribution in [0.15, 0.2) is 60.7 Å². The number of benzene rings is 3. The molecule has 0 heterocycles. The van der Waals surface area contributed by atoms with Crippen molar-refractivity contribution in [3.63, 3.8) is 0 Å². The molecular weight excluding hydrogens is 314 g/mol. The number of halogens is 2. The highest BCUT2D eigenvalue weighted by molar-refractivity contribution is 5.71. The third-order valence-corrected chi connectivity index (χ3v) is 4.53. The van der Waals surface area contributed by atoms with E-state index in [-0.39, 0.29) is 5.82 Å². The van der Waals surface area contributed by atoms with Gasteiger partial charge in [-0.3, -0.25) is 0 Å². The first-order chi connectivity index (χ1) is 12.1. The minimum absolute atomic E-state index is 0.298. The van der Waals surface area contributed by atoms with Crippen LogP contribution in [-0.2, 0) is 12.8 Å². The van der Waals surface area contributed by atoms with Crippen LogP contribution in [0.3, 0.4) is 0 Å². The zero-order valence-electron chi connectivity index (χ0n) is 14.7. The second-order valence-corrected chi connectivity index (χ2v) is 6.31. The summed E-state index contributed by atoms with van der Waals surface area (Å²) >= 11 is 0. The van der Waals surface area contributed by atoms with Gasteiger partial charge in [-0.05, 0) is 47.2 Å². The lowest BCUT2D eigenvalue weighted by Gasteiger charge is -2.09. The Morgan fingerprint density at radius 1 is 0.640 bits per heavy atom. The smallest absolute Gasteiger partial charge is 0.131 e. The van der Waals surface area contributed by atoms with Gasteiger partial charge in [0, 0.05) is 11.1 Å². The Labute approximate surface area is 148 Å². The molecule has 3 aromatic rings. The molecule has 3 rings (SSSR count). The van der Waals surface area contributed by atoms with Gasteiger partial charge in [0.25, 0.3) is 0 Å². The molecule has 0 aliphatic rings. The van der Waals surface area contributed by atoms with E-state index < -0.39 is 5.82 Å². The summed E-state index contributed by atoms with van der Waals surface area (Å²) in [5.41, 5.74) is 4.56. The molecule has 0 amide bonds. The Kier molecular flexibility index (Phi) is 5.28. The Hall–Kier alpha value is -2.48. The molecule has 0 radical (unpaired) electrons. The highest BCUT2D eigenvalue weighted by atomic mass is 19.1. The van der Waals surface area contributed by atoms with Gasteiger partial charge in [-0.25, -0.2) is 8.78 Å². The predicted octanol–water partition coefficient (Wildman–Crippen LogP) is 6.81. The standard InChI is InChI=1S/C23H22F2/c1-3-5-17-6-9-18(10-7-17)19-11-13-21(23(25)15-19)20-12-8-16(4-2)14-22(20)24/h6-15H,3-5H2,1-2H3. The van der Waals surface area contributed by atoms with E-state index >= 15 is 0 Å². The summed E-state index contributed by atoms with van der Waals surface area (Å²) in [4.78, 5) is 0. The van der Waals surface area contributed by atoms with Crippen molar-refractivity contribution < 1.29 is 8.78 Å². The Balaban J connectivity index is 1.93. The molecule has 128 valence electrons. The van der Waals surface area contributed by atoms with Crippen molar-refractivity contribution in [1.29, 1.82) is 0 Å². The lowest BCUT2D eigenvalue weighted by molar-refractivity contribution is 0.615. The third kappa shape index (κ3) is 3.79. The number of hydrogen-bond acceptors (Lipinski definition) is 0. The lowest BCUT2D eigenvalue weighted by Crippen LogP contribution is -1.92. The highest BCUT2D eigenvalue weighted by Gasteiger charge is 2.12. The van der Waals surface area contributed by atoms with Crippen LogP contribution in [0.25, 0.3) is 22.3 Å². The first-order valence-electron chi connectivity index (χ1n) is 8.80. The average molecular weight is 336 g/mol. The monoisotopic (exact) mass is 336 g/mol. The minimum Gasteiger partial charge on any atom is -0.206 e. The summed E-state index contributed by atoms with van der Waals surface area (Å²) in [5.74, 6) is -0.784. The Morgan fingerprint density at radius 2 is 1.20 bits per heavy atom. The van der Waals surface area contributed by atoms with E-state index in [1.807, 2.05) is 31.2 Å². The van der Waals surface area contributed by atoms with Crippen molar-refractivity contribution in [3.8, 4) is 22.3 Å². The maximum absolute atomic E-state index is 14.6. The van der Waals surface area contributed by atoms with Gasteiger partial charge in [-0.1, -0.05) is 68.8 Å². The van der Waals surface area contributed by atoms with Crippen molar-refractivity contribution in [2.45, 2.75) is 33.1 Å². The van der Waals surface area contributed by atoms with E-state index in [4.69, 9.17) is 0 Å². The second kappa shape index (κ2) is 7.60. The molecule has 0 atom stereocenters. The fourth-order valence-electron chi connectivity index (χ4n) is 3.06. The van der Waals surface area contributed by atoms with Crippen LogP contribution >= 0.6 is 0 Å². The molecule has 3 aromatic carbocycles. The quantitative estimate of drug-likeness (QED) is 0.480. The molecule has 0 aliphatic heterocycles. The molecule has 0 aliphatic carbocycles.